The Morgan fingerprint density at radius 3 is 2.15 bits per heavy atom. The molecule has 2 saturated heterocycles. The zero-order valence-corrected chi connectivity index (χ0v) is 39.0. The Hall–Kier alpha value is -6.03. The van der Waals surface area contributed by atoms with Crippen LogP contribution in [0.2, 0.25) is 0 Å². The molecule has 4 heterocycles. The molecule has 2 aliphatic rings. The number of benzene rings is 4. The number of hydrogen-bond acceptors (Lipinski definition) is 9. The second-order valence-corrected chi connectivity index (χ2v) is 20.9. The molecule has 12 nitrogen and oxygen atoms in total. The molecule has 66 heavy (non-hydrogen) atoms. The van der Waals surface area contributed by atoms with Gasteiger partial charge >= 0.3 is 6.09 Å². The van der Waals surface area contributed by atoms with Crippen LogP contribution in [0.4, 0.5) is 19.3 Å². The Balaban J connectivity index is 1.04. The van der Waals surface area contributed by atoms with E-state index in [4.69, 9.17) is 4.74 Å². The number of likely N-dealkylation sites (tertiary alicyclic amines) is 2. The molecule has 346 valence electrons. The Bertz CT molecular complexity index is 2890. The molecule has 4 aromatic carbocycles. The summed E-state index contributed by atoms with van der Waals surface area (Å²) >= 11 is 0. The van der Waals surface area contributed by atoms with E-state index in [1.54, 1.807) is 31.2 Å². The first-order valence-corrected chi connectivity index (χ1v) is 23.8. The van der Waals surface area contributed by atoms with E-state index >= 15 is 8.78 Å². The number of fused-ring (bicyclic) bond motifs is 1. The number of amides is 2. The quantitative estimate of drug-likeness (QED) is 0.137. The van der Waals surface area contributed by atoms with Gasteiger partial charge in [-0.2, -0.15) is 0 Å². The molecule has 0 bridgehead atoms. The van der Waals surface area contributed by atoms with E-state index in [-0.39, 0.29) is 50.1 Å². The predicted molar refractivity (Wildman–Crippen MR) is 251 cm³/mol. The minimum atomic E-state index is -4.24. The van der Waals surface area contributed by atoms with Gasteiger partial charge in [0.25, 0.3) is 15.9 Å². The van der Waals surface area contributed by atoms with Crippen LogP contribution in [0.15, 0.2) is 102 Å². The van der Waals surface area contributed by atoms with Crippen molar-refractivity contribution in [3.05, 3.63) is 131 Å². The number of nitrogens with one attached hydrogen (secondary N) is 1. The standard InChI is InChI=1S/C51H56F2N6O6S/c1-33-40(29-37(52)30-43(33)56-47(60)39-17-16-36(28-42(39)53)50(5,6)62)45-41-31-44(59(46(41)55-32-54-45)66(63,64)38-10-8-7-9-11-38)35-14-12-34(13-15-35)18-23-57-24-19-51(20-25-57)21-26-58(27-22-51)48(61)65-49(2,3)4/h7-17,28-32,62H,18-27H2,1-6H3,(H,56,60). The van der Waals surface area contributed by atoms with Crippen LogP contribution in [0, 0.1) is 24.0 Å². The van der Waals surface area contributed by atoms with Gasteiger partial charge in [0.05, 0.1) is 27.4 Å². The molecular weight excluding hydrogens is 863 g/mol. The van der Waals surface area contributed by atoms with Gasteiger partial charge in [0.15, 0.2) is 5.65 Å². The van der Waals surface area contributed by atoms with E-state index in [1.807, 2.05) is 49.9 Å². The number of halogens is 2. The number of carbonyl (C=O) groups excluding carboxylic acids is 2. The molecule has 2 amide bonds. The fourth-order valence-corrected chi connectivity index (χ4v) is 10.5. The lowest BCUT2D eigenvalue weighted by Crippen LogP contribution is -2.49. The maximum atomic E-state index is 15.5. The van der Waals surface area contributed by atoms with Crippen LogP contribution in [-0.4, -0.2) is 87.6 Å². The minimum Gasteiger partial charge on any atom is -0.444 e. The fourth-order valence-electron chi connectivity index (χ4n) is 9.04. The molecule has 0 atom stereocenters. The van der Waals surface area contributed by atoms with E-state index in [0.717, 1.165) is 82.5 Å². The highest BCUT2D eigenvalue weighted by Gasteiger charge is 2.39. The zero-order chi connectivity index (χ0) is 47.2. The van der Waals surface area contributed by atoms with Crippen molar-refractivity contribution in [2.24, 2.45) is 5.41 Å². The third-order valence-electron chi connectivity index (χ3n) is 13.0. The van der Waals surface area contributed by atoms with Gasteiger partial charge in [0, 0.05) is 36.3 Å². The van der Waals surface area contributed by atoms with Crippen molar-refractivity contribution in [3.8, 4) is 22.5 Å². The van der Waals surface area contributed by atoms with E-state index in [9.17, 15) is 23.1 Å². The van der Waals surface area contributed by atoms with Crippen molar-refractivity contribution in [2.45, 2.75) is 89.7 Å². The molecular formula is C51H56F2N6O6S. The van der Waals surface area contributed by atoms with Crippen LogP contribution in [0.25, 0.3) is 33.5 Å². The van der Waals surface area contributed by atoms with E-state index in [2.05, 4.69) is 20.2 Å². The average molecular weight is 919 g/mol. The summed E-state index contributed by atoms with van der Waals surface area (Å²) in [6.45, 7) is 14.6. The molecule has 8 rings (SSSR count). The van der Waals surface area contributed by atoms with Crippen molar-refractivity contribution in [1.82, 2.24) is 23.7 Å². The molecule has 0 saturated carbocycles. The van der Waals surface area contributed by atoms with Crippen molar-refractivity contribution in [1.29, 1.82) is 0 Å². The van der Waals surface area contributed by atoms with Crippen LogP contribution in [0.3, 0.4) is 0 Å². The molecule has 0 aliphatic carbocycles. The number of aromatic nitrogens is 3. The largest absolute Gasteiger partial charge is 0.444 e. The molecule has 0 unspecified atom stereocenters. The second-order valence-electron chi connectivity index (χ2n) is 19.2. The molecule has 2 N–H and O–H groups in total. The smallest absolute Gasteiger partial charge is 0.410 e. The highest BCUT2D eigenvalue weighted by molar-refractivity contribution is 7.90. The molecule has 2 aliphatic heterocycles. The Kier molecular flexibility index (Phi) is 12.7. The first kappa shape index (κ1) is 46.5. The summed E-state index contributed by atoms with van der Waals surface area (Å²) < 4.78 is 66.6. The highest BCUT2D eigenvalue weighted by Crippen LogP contribution is 2.42. The lowest BCUT2D eigenvalue weighted by Gasteiger charge is -2.46. The first-order chi connectivity index (χ1) is 31.2. The molecule has 1 spiro atoms. The Morgan fingerprint density at radius 1 is 0.848 bits per heavy atom. The fraction of sp³-hybridized carbons (Fsp3) is 0.373. The predicted octanol–water partition coefficient (Wildman–Crippen LogP) is 9.72. The van der Waals surface area contributed by atoms with Gasteiger partial charge in [0.2, 0.25) is 0 Å². The summed E-state index contributed by atoms with van der Waals surface area (Å²) in [5, 5.41) is 13.3. The topological polar surface area (TPSA) is 147 Å². The summed E-state index contributed by atoms with van der Waals surface area (Å²) in [7, 11) is -4.24. The lowest BCUT2D eigenvalue weighted by atomic mass is 9.71. The van der Waals surface area contributed by atoms with Crippen LogP contribution >= 0.6 is 0 Å². The number of anilines is 1. The van der Waals surface area contributed by atoms with Gasteiger partial charge < -0.3 is 25.0 Å². The Labute approximate surface area is 384 Å². The van der Waals surface area contributed by atoms with Crippen LogP contribution < -0.4 is 5.32 Å². The molecule has 2 fully saturated rings. The van der Waals surface area contributed by atoms with Gasteiger partial charge in [-0.15, -0.1) is 0 Å². The van der Waals surface area contributed by atoms with Crippen LogP contribution in [-0.2, 0) is 26.8 Å². The third kappa shape index (κ3) is 9.74. The zero-order valence-electron chi connectivity index (χ0n) is 38.2. The van der Waals surface area contributed by atoms with Gasteiger partial charge in [0.1, 0.15) is 23.6 Å². The summed E-state index contributed by atoms with van der Waals surface area (Å²) in [4.78, 5) is 39.4. The monoisotopic (exact) mass is 918 g/mol. The molecule has 0 radical (unpaired) electrons. The number of hydrogen-bond donors (Lipinski definition) is 2. The number of carbonyl (C=O) groups is 2. The van der Waals surface area contributed by atoms with Crippen molar-refractivity contribution in [3.63, 3.8) is 0 Å². The maximum absolute atomic E-state index is 15.5. The summed E-state index contributed by atoms with van der Waals surface area (Å²) in [6, 6.07) is 23.7. The van der Waals surface area contributed by atoms with Gasteiger partial charge in [-0.05, 0) is 157 Å². The number of nitrogens with zero attached hydrogens (tertiary/aromatic N) is 5. The number of ether oxygens (including phenoxy) is 1. The summed E-state index contributed by atoms with van der Waals surface area (Å²) in [5.41, 5.74) is 1.44. The van der Waals surface area contributed by atoms with Crippen LogP contribution in [0.1, 0.15) is 87.4 Å². The SMILES string of the molecule is Cc1c(NC(=O)c2ccc(C(C)(C)O)cc2F)cc(F)cc1-c1ncnc2c1cc(-c1ccc(CCN3CCC4(CC3)CCN(C(=O)OC(C)(C)C)CC4)cc1)n2S(=O)(=O)c1ccccc1. The molecule has 15 heteroatoms. The minimum absolute atomic E-state index is 0.0483. The molecule has 6 aromatic rings. The molecule has 2 aromatic heterocycles. The third-order valence-corrected chi connectivity index (χ3v) is 14.7. The van der Waals surface area contributed by atoms with Crippen molar-refractivity contribution in [2.75, 3.05) is 38.0 Å². The average Bonchev–Trinajstić information content (AvgIpc) is 3.68. The number of piperidine rings is 2. The normalized spacial score (nSPS) is 15.9. The van der Waals surface area contributed by atoms with Crippen LogP contribution in [0.5, 0.6) is 0 Å². The second kappa shape index (κ2) is 18.0. The summed E-state index contributed by atoms with van der Waals surface area (Å²) in [5.74, 6) is -2.40. The maximum Gasteiger partial charge on any atom is 0.410 e. The van der Waals surface area contributed by atoms with Crippen molar-refractivity contribution >= 4 is 38.7 Å². The van der Waals surface area contributed by atoms with E-state index in [0.29, 0.717) is 22.2 Å². The lowest BCUT2D eigenvalue weighted by molar-refractivity contribution is -0.00229. The summed E-state index contributed by atoms with van der Waals surface area (Å²) in [6.07, 6.45) is 5.93. The van der Waals surface area contributed by atoms with Crippen molar-refractivity contribution < 1.29 is 36.6 Å². The number of rotatable bonds is 10. The van der Waals surface area contributed by atoms with Gasteiger partial charge in [-0.3, -0.25) is 4.79 Å². The number of aliphatic hydroxyl groups is 1. The van der Waals surface area contributed by atoms with E-state index < -0.39 is 38.8 Å². The van der Waals surface area contributed by atoms with Gasteiger partial charge in [-0.25, -0.2) is 35.9 Å². The highest BCUT2D eigenvalue weighted by atomic mass is 32.2. The first-order valence-electron chi connectivity index (χ1n) is 22.3. The van der Waals surface area contributed by atoms with E-state index in [1.165, 1.54) is 54.5 Å². The Morgan fingerprint density at radius 2 is 1.52 bits per heavy atom. The van der Waals surface area contributed by atoms with Gasteiger partial charge in [-0.1, -0.05) is 48.5 Å².